The fourth-order valence-electron chi connectivity index (χ4n) is 0.626. The molecule has 0 radical (unpaired) electrons. The molecule has 0 aromatic carbocycles. The Balaban J connectivity index is 2.51. The first kappa shape index (κ1) is 7.83. The molecular weight excluding hydrogens is 158 g/mol. The molecule has 11 heavy (non-hydrogen) atoms. The molecule has 3 heteroatoms. The first-order chi connectivity index (χ1) is 5.34. The number of carbonyl (C=O) groups excluding carboxylic acids is 1. The lowest BCUT2D eigenvalue weighted by Crippen LogP contribution is -2.22. The largest absolute Gasteiger partial charge is 0.340 e. The lowest BCUT2D eigenvalue weighted by atomic mass is 10.4. The summed E-state index contributed by atoms with van der Waals surface area (Å²) >= 11 is 1.40. The number of terminal acetylenes is 1. The van der Waals surface area contributed by atoms with Gasteiger partial charge in [0.2, 0.25) is 0 Å². The number of hydrogen-bond acceptors (Lipinski definition) is 2. The summed E-state index contributed by atoms with van der Waals surface area (Å²) in [4.78, 5) is 11.8. The Labute approximate surface area is 69.2 Å². The van der Waals surface area contributed by atoms with E-state index in [1.807, 2.05) is 11.4 Å². The minimum absolute atomic E-state index is 0.0991. The van der Waals surface area contributed by atoms with Crippen molar-refractivity contribution in [3.8, 4) is 12.3 Å². The molecule has 0 aliphatic rings. The molecule has 1 N–H and O–H groups in total. The number of hydrogen-bond donors (Lipinski definition) is 1. The highest BCUT2D eigenvalue weighted by atomic mass is 32.1. The molecule has 0 saturated heterocycles. The maximum absolute atomic E-state index is 11.1. The van der Waals surface area contributed by atoms with Crippen molar-refractivity contribution in [3.63, 3.8) is 0 Å². The second kappa shape index (κ2) is 3.79. The molecule has 0 atom stereocenters. The second-order valence-corrected chi connectivity index (χ2v) is 2.81. The zero-order valence-electron chi connectivity index (χ0n) is 5.83. The predicted octanol–water partition coefficient (Wildman–Crippen LogP) is 1.11. The Hall–Kier alpha value is -1.27. The molecule has 2 nitrogen and oxygen atoms in total. The molecule has 0 spiro atoms. The third kappa shape index (κ3) is 2.10. The highest BCUT2D eigenvalue weighted by Crippen LogP contribution is 2.07. The van der Waals surface area contributed by atoms with E-state index in [0.29, 0.717) is 4.88 Å². The zero-order chi connectivity index (χ0) is 8.10. The highest BCUT2D eigenvalue weighted by Gasteiger charge is 2.02. The van der Waals surface area contributed by atoms with Gasteiger partial charge in [0, 0.05) is 0 Å². The SMILES string of the molecule is C#CCNC(=O)c1cccs1. The molecule has 1 aromatic rings. The van der Waals surface area contributed by atoms with E-state index in [4.69, 9.17) is 6.42 Å². The Morgan fingerprint density at radius 3 is 3.18 bits per heavy atom. The van der Waals surface area contributed by atoms with Crippen LogP contribution in [0.5, 0.6) is 0 Å². The number of thiophene rings is 1. The van der Waals surface area contributed by atoms with Gasteiger partial charge in [-0.2, -0.15) is 0 Å². The average molecular weight is 165 g/mol. The molecule has 0 bridgehead atoms. The van der Waals surface area contributed by atoms with E-state index in [9.17, 15) is 4.79 Å². The zero-order valence-corrected chi connectivity index (χ0v) is 6.65. The first-order valence-electron chi connectivity index (χ1n) is 3.10. The average Bonchev–Trinajstić information content (AvgIpc) is 2.52. The van der Waals surface area contributed by atoms with Crippen LogP contribution in [0.15, 0.2) is 17.5 Å². The maximum atomic E-state index is 11.1. The van der Waals surface area contributed by atoms with E-state index in [1.165, 1.54) is 11.3 Å². The second-order valence-electron chi connectivity index (χ2n) is 1.86. The van der Waals surface area contributed by atoms with Crippen LogP contribution in [0.25, 0.3) is 0 Å². The van der Waals surface area contributed by atoms with Crippen molar-refractivity contribution in [2.75, 3.05) is 6.54 Å². The van der Waals surface area contributed by atoms with Crippen LogP contribution in [0, 0.1) is 12.3 Å². The van der Waals surface area contributed by atoms with Crippen LogP contribution in [-0.2, 0) is 0 Å². The predicted molar refractivity (Wildman–Crippen MR) is 45.5 cm³/mol. The Kier molecular flexibility index (Phi) is 2.70. The fourth-order valence-corrected chi connectivity index (χ4v) is 1.27. The summed E-state index contributed by atoms with van der Waals surface area (Å²) in [5.41, 5.74) is 0. The molecule has 56 valence electrons. The fraction of sp³-hybridized carbons (Fsp3) is 0.125. The third-order valence-corrected chi connectivity index (χ3v) is 1.96. The Bertz CT molecular complexity index is 271. The lowest BCUT2D eigenvalue weighted by molar-refractivity contribution is 0.0963. The minimum Gasteiger partial charge on any atom is -0.340 e. The van der Waals surface area contributed by atoms with Crippen molar-refractivity contribution in [1.82, 2.24) is 5.32 Å². The molecule has 0 aliphatic carbocycles. The van der Waals surface area contributed by atoms with Gasteiger partial charge in [0.15, 0.2) is 0 Å². The van der Waals surface area contributed by atoms with Crippen LogP contribution < -0.4 is 5.32 Å². The lowest BCUT2D eigenvalue weighted by Gasteiger charge is -1.95. The summed E-state index contributed by atoms with van der Waals surface area (Å²) in [6.07, 6.45) is 4.97. The van der Waals surface area contributed by atoms with Crippen LogP contribution in [0.2, 0.25) is 0 Å². The summed E-state index contributed by atoms with van der Waals surface area (Å²) in [5.74, 6) is 2.23. The van der Waals surface area contributed by atoms with Gasteiger partial charge in [0.25, 0.3) is 5.91 Å². The number of amides is 1. The summed E-state index contributed by atoms with van der Waals surface area (Å²) in [6, 6.07) is 3.59. The number of nitrogens with one attached hydrogen (secondary N) is 1. The molecule has 0 aliphatic heterocycles. The van der Waals surface area contributed by atoms with Gasteiger partial charge in [-0.3, -0.25) is 4.79 Å². The summed E-state index contributed by atoms with van der Waals surface area (Å²) < 4.78 is 0. The summed E-state index contributed by atoms with van der Waals surface area (Å²) in [6.45, 7) is 0.288. The van der Waals surface area contributed by atoms with Gasteiger partial charge in [-0.25, -0.2) is 0 Å². The van der Waals surface area contributed by atoms with Gasteiger partial charge < -0.3 is 5.32 Å². The number of rotatable bonds is 2. The Morgan fingerprint density at radius 2 is 2.64 bits per heavy atom. The van der Waals surface area contributed by atoms with Gasteiger partial charge in [-0.15, -0.1) is 17.8 Å². The molecule has 0 unspecified atom stereocenters. The van der Waals surface area contributed by atoms with Gasteiger partial charge in [0.05, 0.1) is 11.4 Å². The van der Waals surface area contributed by atoms with Gasteiger partial charge >= 0.3 is 0 Å². The first-order valence-corrected chi connectivity index (χ1v) is 3.97. The number of carbonyl (C=O) groups is 1. The summed E-state index contributed by atoms with van der Waals surface area (Å²) in [5, 5.41) is 4.42. The van der Waals surface area contributed by atoms with E-state index >= 15 is 0 Å². The topological polar surface area (TPSA) is 29.1 Å². The monoisotopic (exact) mass is 165 g/mol. The molecule has 1 heterocycles. The maximum Gasteiger partial charge on any atom is 0.262 e. The Morgan fingerprint density at radius 1 is 1.82 bits per heavy atom. The molecule has 1 amide bonds. The third-order valence-electron chi connectivity index (χ3n) is 1.10. The molecule has 0 saturated carbocycles. The molecule has 0 fully saturated rings. The van der Waals surface area contributed by atoms with Crippen molar-refractivity contribution < 1.29 is 4.79 Å². The summed E-state index contributed by atoms with van der Waals surface area (Å²) in [7, 11) is 0. The van der Waals surface area contributed by atoms with Gasteiger partial charge in [-0.1, -0.05) is 12.0 Å². The van der Waals surface area contributed by atoms with Gasteiger partial charge in [0.1, 0.15) is 0 Å². The van der Waals surface area contributed by atoms with Crippen LogP contribution in [0.1, 0.15) is 9.67 Å². The van der Waals surface area contributed by atoms with Crippen molar-refractivity contribution in [2.24, 2.45) is 0 Å². The van der Waals surface area contributed by atoms with E-state index < -0.39 is 0 Å². The van der Waals surface area contributed by atoms with Crippen LogP contribution in [0.3, 0.4) is 0 Å². The van der Waals surface area contributed by atoms with Crippen molar-refractivity contribution in [3.05, 3.63) is 22.4 Å². The smallest absolute Gasteiger partial charge is 0.262 e. The van der Waals surface area contributed by atoms with Crippen molar-refractivity contribution >= 4 is 17.2 Å². The van der Waals surface area contributed by atoms with Crippen LogP contribution in [0.4, 0.5) is 0 Å². The van der Waals surface area contributed by atoms with Crippen molar-refractivity contribution in [1.29, 1.82) is 0 Å². The highest BCUT2D eigenvalue weighted by molar-refractivity contribution is 7.12. The standard InChI is InChI=1S/C8H7NOS/c1-2-5-9-8(10)7-4-3-6-11-7/h1,3-4,6H,5H2,(H,9,10). The minimum atomic E-state index is -0.0991. The van der Waals surface area contributed by atoms with Gasteiger partial charge in [-0.05, 0) is 11.4 Å². The molecule has 1 aromatic heterocycles. The van der Waals surface area contributed by atoms with E-state index in [-0.39, 0.29) is 12.5 Å². The molecule has 1 rings (SSSR count). The van der Waals surface area contributed by atoms with Crippen LogP contribution >= 0.6 is 11.3 Å². The van der Waals surface area contributed by atoms with E-state index in [2.05, 4.69) is 11.2 Å². The molecular formula is C8H7NOS. The quantitative estimate of drug-likeness (QED) is 0.653. The van der Waals surface area contributed by atoms with E-state index in [0.717, 1.165) is 0 Å². The van der Waals surface area contributed by atoms with Crippen LogP contribution in [-0.4, -0.2) is 12.5 Å². The normalized spacial score (nSPS) is 8.64. The van der Waals surface area contributed by atoms with E-state index in [1.54, 1.807) is 6.07 Å². The van der Waals surface area contributed by atoms with Crippen molar-refractivity contribution in [2.45, 2.75) is 0 Å².